The van der Waals surface area contributed by atoms with E-state index in [1.165, 1.54) is 0 Å². The van der Waals surface area contributed by atoms with Crippen molar-refractivity contribution in [2.75, 3.05) is 10.7 Å². The summed E-state index contributed by atoms with van der Waals surface area (Å²) in [6.07, 6.45) is 5.28. The maximum atomic E-state index is 14.0. The van der Waals surface area contributed by atoms with Crippen LogP contribution in [0.3, 0.4) is 0 Å². The quantitative estimate of drug-likeness (QED) is 0.203. The summed E-state index contributed by atoms with van der Waals surface area (Å²) in [6, 6.07) is 20.1. The van der Waals surface area contributed by atoms with Gasteiger partial charge in [-0.15, -0.1) is 0 Å². The Kier molecular flexibility index (Phi) is 8.16. The number of alkyl halides is 2. The zero-order chi connectivity index (χ0) is 24.1. The molecular formula is C27H28Br2N4O. The van der Waals surface area contributed by atoms with Crippen LogP contribution in [0.25, 0.3) is 11.4 Å². The minimum atomic E-state index is -0.306. The van der Waals surface area contributed by atoms with Crippen LogP contribution in [0.15, 0.2) is 73.1 Å². The Balaban J connectivity index is 1.71. The van der Waals surface area contributed by atoms with Gasteiger partial charge in [-0.1, -0.05) is 82.1 Å². The summed E-state index contributed by atoms with van der Waals surface area (Å²) in [5.74, 6) is -0.446. The first-order valence-electron chi connectivity index (χ1n) is 11.5. The average molecular weight is 584 g/mol. The van der Waals surface area contributed by atoms with Crippen LogP contribution < -0.4 is 0 Å². The molecule has 2 atom stereocenters. The Labute approximate surface area is 217 Å². The molecule has 34 heavy (non-hydrogen) atoms. The first-order chi connectivity index (χ1) is 16.6. The molecule has 2 unspecified atom stereocenters. The highest BCUT2D eigenvalue weighted by atomic mass is 79.9. The first kappa shape index (κ1) is 24.6. The number of aromatic nitrogens is 4. The third kappa shape index (κ3) is 4.68. The smallest absolute Gasteiger partial charge is 0.149 e. The molecule has 0 bridgehead atoms. The van der Waals surface area contributed by atoms with Crippen LogP contribution in [-0.4, -0.2) is 36.0 Å². The molecule has 2 aromatic heterocycles. The fourth-order valence-electron chi connectivity index (χ4n) is 4.51. The van der Waals surface area contributed by atoms with E-state index >= 15 is 0 Å². The summed E-state index contributed by atoms with van der Waals surface area (Å²) < 4.78 is 3.90. The van der Waals surface area contributed by atoms with Crippen LogP contribution >= 0.6 is 31.9 Å². The summed E-state index contributed by atoms with van der Waals surface area (Å²) in [6.45, 7) is 4.22. The van der Waals surface area contributed by atoms with Crippen molar-refractivity contribution in [1.82, 2.24) is 19.6 Å². The highest BCUT2D eigenvalue weighted by molar-refractivity contribution is 9.09. The van der Waals surface area contributed by atoms with Crippen molar-refractivity contribution in [3.63, 3.8) is 0 Å². The predicted octanol–water partition coefficient (Wildman–Crippen LogP) is 6.41. The average Bonchev–Trinajstić information content (AvgIpc) is 3.50. The lowest BCUT2D eigenvalue weighted by Crippen LogP contribution is -2.24. The molecule has 4 aromatic rings. The van der Waals surface area contributed by atoms with E-state index in [0.29, 0.717) is 10.7 Å². The topological polar surface area (TPSA) is 52.7 Å². The molecule has 0 aliphatic rings. The van der Waals surface area contributed by atoms with Gasteiger partial charge in [-0.2, -0.15) is 10.2 Å². The number of carbonyl (C=O) groups excluding carboxylic acids is 1. The van der Waals surface area contributed by atoms with Gasteiger partial charge in [0.1, 0.15) is 5.78 Å². The highest BCUT2D eigenvalue weighted by Crippen LogP contribution is 2.34. The van der Waals surface area contributed by atoms with Crippen molar-refractivity contribution in [3.8, 4) is 11.4 Å². The molecule has 7 heteroatoms. The number of benzene rings is 2. The van der Waals surface area contributed by atoms with Gasteiger partial charge in [0, 0.05) is 33.2 Å². The number of rotatable bonds is 10. The first-order valence-corrected chi connectivity index (χ1v) is 13.8. The second-order valence-corrected chi connectivity index (χ2v) is 9.41. The van der Waals surface area contributed by atoms with Gasteiger partial charge in [-0.05, 0) is 37.1 Å². The monoisotopic (exact) mass is 582 g/mol. The van der Waals surface area contributed by atoms with Crippen LogP contribution in [0.4, 0.5) is 0 Å². The number of para-hydroxylation sites is 2. The fraction of sp³-hybridized carbons (Fsp3) is 0.296. The molecule has 0 radical (unpaired) electrons. The molecule has 0 amide bonds. The second-order valence-electron chi connectivity index (χ2n) is 8.11. The van der Waals surface area contributed by atoms with E-state index in [1.54, 1.807) is 0 Å². The largest absolute Gasteiger partial charge is 0.298 e. The zero-order valence-corrected chi connectivity index (χ0v) is 22.5. The van der Waals surface area contributed by atoms with Crippen LogP contribution in [0.5, 0.6) is 0 Å². The molecule has 0 saturated heterocycles. The van der Waals surface area contributed by atoms with E-state index in [4.69, 9.17) is 0 Å². The molecule has 2 heterocycles. The SMILES string of the molecule is CCc1c(C(CBr)C(=O)C(CBr)c2cnn(-c3ccccc3)c2CC)cnn1-c1ccccc1. The maximum absolute atomic E-state index is 14.0. The van der Waals surface area contributed by atoms with E-state index in [1.807, 2.05) is 82.4 Å². The van der Waals surface area contributed by atoms with Crippen molar-refractivity contribution in [3.05, 3.63) is 95.6 Å². The molecule has 0 aliphatic heterocycles. The number of Topliss-reactive ketones (excluding diaryl/α,β-unsaturated/α-hetero) is 1. The Morgan fingerprint density at radius 2 is 1.12 bits per heavy atom. The summed E-state index contributed by atoms with van der Waals surface area (Å²) in [7, 11) is 0. The molecule has 0 aliphatic carbocycles. The molecule has 0 saturated carbocycles. The number of halogens is 2. The Morgan fingerprint density at radius 1 is 0.735 bits per heavy atom. The molecule has 0 N–H and O–H groups in total. The summed E-state index contributed by atoms with van der Waals surface area (Å²) >= 11 is 7.27. The predicted molar refractivity (Wildman–Crippen MR) is 144 cm³/mol. The maximum Gasteiger partial charge on any atom is 0.149 e. The second kappa shape index (κ2) is 11.3. The third-order valence-corrected chi connectivity index (χ3v) is 7.51. The number of ketones is 1. The molecule has 5 nitrogen and oxygen atoms in total. The number of nitrogens with zero attached hydrogens (tertiary/aromatic N) is 4. The van der Waals surface area contributed by atoms with Crippen LogP contribution in [0.2, 0.25) is 0 Å². The highest BCUT2D eigenvalue weighted by Gasteiger charge is 2.33. The Hall–Kier alpha value is -2.51. The van der Waals surface area contributed by atoms with Crippen LogP contribution in [0, 0.1) is 0 Å². The summed E-state index contributed by atoms with van der Waals surface area (Å²) in [5.41, 5.74) is 6.09. The van der Waals surface area contributed by atoms with E-state index in [0.717, 1.165) is 46.7 Å². The van der Waals surface area contributed by atoms with E-state index in [-0.39, 0.29) is 17.6 Å². The summed E-state index contributed by atoms with van der Waals surface area (Å²) in [5, 5.41) is 10.4. The van der Waals surface area contributed by atoms with Crippen molar-refractivity contribution in [2.24, 2.45) is 0 Å². The fourth-order valence-corrected chi connectivity index (χ4v) is 5.85. The van der Waals surface area contributed by atoms with Crippen LogP contribution in [-0.2, 0) is 17.6 Å². The van der Waals surface area contributed by atoms with Gasteiger partial charge in [0.2, 0.25) is 0 Å². The molecule has 0 fully saturated rings. The normalized spacial score (nSPS) is 13.1. The third-order valence-electron chi connectivity index (χ3n) is 6.22. The number of hydrogen-bond acceptors (Lipinski definition) is 3. The standard InChI is InChI=1S/C27H28Br2N4O/c1-3-25-23(17-30-32(25)19-11-7-5-8-12-19)21(15-28)27(34)22(16-29)24-18-31-33(26(24)4-2)20-13-9-6-10-14-20/h5-14,17-18,21-22H,3-4,15-16H2,1-2H3. The number of hydrogen-bond donors (Lipinski definition) is 0. The van der Waals surface area contributed by atoms with Gasteiger partial charge >= 0.3 is 0 Å². The van der Waals surface area contributed by atoms with E-state index in [2.05, 4.69) is 55.9 Å². The van der Waals surface area contributed by atoms with Gasteiger partial charge in [0.05, 0.1) is 35.6 Å². The van der Waals surface area contributed by atoms with Crippen molar-refractivity contribution in [1.29, 1.82) is 0 Å². The van der Waals surface area contributed by atoms with Gasteiger partial charge in [0.15, 0.2) is 0 Å². The molecule has 4 rings (SSSR count). The molecule has 0 spiro atoms. The van der Waals surface area contributed by atoms with Gasteiger partial charge in [-0.3, -0.25) is 4.79 Å². The van der Waals surface area contributed by atoms with Crippen molar-refractivity contribution in [2.45, 2.75) is 38.5 Å². The zero-order valence-electron chi connectivity index (χ0n) is 19.4. The van der Waals surface area contributed by atoms with Gasteiger partial charge in [-0.25, -0.2) is 9.36 Å². The lowest BCUT2D eigenvalue weighted by atomic mass is 9.85. The van der Waals surface area contributed by atoms with Crippen molar-refractivity contribution < 1.29 is 4.79 Å². The Bertz CT molecular complexity index is 1140. The van der Waals surface area contributed by atoms with Crippen molar-refractivity contribution >= 4 is 37.6 Å². The molecule has 176 valence electrons. The minimum absolute atomic E-state index is 0.165. The lowest BCUT2D eigenvalue weighted by Gasteiger charge is -2.21. The van der Waals surface area contributed by atoms with Crippen LogP contribution in [0.1, 0.15) is 48.2 Å². The Morgan fingerprint density at radius 3 is 1.44 bits per heavy atom. The van der Waals surface area contributed by atoms with Gasteiger partial charge < -0.3 is 0 Å². The van der Waals surface area contributed by atoms with Gasteiger partial charge in [0.25, 0.3) is 0 Å². The molecule has 2 aromatic carbocycles. The summed E-state index contributed by atoms with van der Waals surface area (Å²) in [4.78, 5) is 14.0. The van der Waals surface area contributed by atoms with E-state index in [9.17, 15) is 4.79 Å². The lowest BCUT2D eigenvalue weighted by molar-refractivity contribution is -0.121. The molecular weight excluding hydrogens is 556 g/mol. The number of carbonyl (C=O) groups is 1. The van der Waals surface area contributed by atoms with E-state index < -0.39 is 0 Å². The minimum Gasteiger partial charge on any atom is -0.298 e.